The molecule has 0 spiro atoms. The first-order valence-electron chi connectivity index (χ1n) is 4.92. The zero-order chi connectivity index (χ0) is 12.3. The van der Waals surface area contributed by atoms with Crippen molar-refractivity contribution >= 4 is 35.2 Å². The van der Waals surface area contributed by atoms with Gasteiger partial charge in [-0.2, -0.15) is 0 Å². The van der Waals surface area contributed by atoms with Gasteiger partial charge in [0.1, 0.15) is 5.75 Å². The molecule has 0 saturated carbocycles. The van der Waals surface area contributed by atoms with Gasteiger partial charge in [0.25, 0.3) is 0 Å². The fraction of sp³-hybridized carbons (Fsp3) is 0. The van der Waals surface area contributed by atoms with Crippen LogP contribution in [0.2, 0.25) is 0 Å². The number of para-hydroxylation sites is 1. The molecule has 6 heteroatoms. The number of rotatable bonds is 3. The molecule has 1 heterocycles. The van der Waals surface area contributed by atoms with E-state index in [0.29, 0.717) is 5.75 Å². The maximum Gasteiger partial charge on any atom is 0.494 e. The van der Waals surface area contributed by atoms with Gasteiger partial charge in [0.2, 0.25) is 5.88 Å². The van der Waals surface area contributed by atoms with Crippen molar-refractivity contribution in [3.63, 3.8) is 0 Å². The predicted molar refractivity (Wildman–Crippen MR) is 73.3 cm³/mol. The normalized spacial score (nSPS) is 10.1. The molecule has 0 unspecified atom stereocenters. The molecule has 1 aromatic carbocycles. The Kier molecular flexibility index (Phi) is 3.98. The smallest absolute Gasteiger partial charge is 0.438 e. The van der Waals surface area contributed by atoms with E-state index in [0.717, 1.165) is 3.57 Å². The van der Waals surface area contributed by atoms with E-state index >= 15 is 0 Å². The Bertz CT molecular complexity index is 522. The molecule has 4 nitrogen and oxygen atoms in total. The lowest BCUT2D eigenvalue weighted by atomic mass is 9.81. The molecular weight excluding hydrogens is 332 g/mol. The second-order valence-corrected chi connectivity index (χ2v) is 4.47. The van der Waals surface area contributed by atoms with Gasteiger partial charge in [0.05, 0.1) is 3.57 Å². The SMILES string of the molecule is OB(O)c1cccnc1Oc1ccccc1I. The summed E-state index contributed by atoms with van der Waals surface area (Å²) in [6.07, 6.45) is 1.54. The van der Waals surface area contributed by atoms with Gasteiger partial charge in [-0.25, -0.2) is 4.98 Å². The van der Waals surface area contributed by atoms with Crippen molar-refractivity contribution in [1.82, 2.24) is 4.98 Å². The lowest BCUT2D eigenvalue weighted by molar-refractivity contribution is 0.417. The number of ether oxygens (including phenoxy) is 1. The summed E-state index contributed by atoms with van der Waals surface area (Å²) >= 11 is 2.14. The zero-order valence-electron chi connectivity index (χ0n) is 8.75. The van der Waals surface area contributed by atoms with Crippen LogP contribution in [0.1, 0.15) is 0 Å². The van der Waals surface area contributed by atoms with E-state index in [9.17, 15) is 10.0 Å². The Hall–Kier alpha value is -1.12. The summed E-state index contributed by atoms with van der Waals surface area (Å²) in [5, 5.41) is 18.4. The van der Waals surface area contributed by atoms with E-state index in [-0.39, 0.29) is 11.3 Å². The molecular formula is C11H9BINO3. The van der Waals surface area contributed by atoms with Gasteiger partial charge in [0.15, 0.2) is 0 Å². The summed E-state index contributed by atoms with van der Waals surface area (Å²) in [5.41, 5.74) is 0.243. The highest BCUT2D eigenvalue weighted by Crippen LogP contribution is 2.24. The first kappa shape index (κ1) is 12.3. The Morgan fingerprint density at radius 2 is 1.88 bits per heavy atom. The quantitative estimate of drug-likeness (QED) is 0.650. The molecule has 0 aliphatic heterocycles. The van der Waals surface area contributed by atoms with Gasteiger partial charge in [0, 0.05) is 11.7 Å². The minimum atomic E-state index is -1.60. The highest BCUT2D eigenvalue weighted by atomic mass is 127. The van der Waals surface area contributed by atoms with Crippen molar-refractivity contribution < 1.29 is 14.8 Å². The van der Waals surface area contributed by atoms with Crippen molar-refractivity contribution in [1.29, 1.82) is 0 Å². The van der Waals surface area contributed by atoms with E-state index in [4.69, 9.17) is 4.74 Å². The number of nitrogens with zero attached hydrogens (tertiary/aromatic N) is 1. The number of halogens is 1. The minimum absolute atomic E-state index is 0.201. The van der Waals surface area contributed by atoms with Gasteiger partial charge < -0.3 is 14.8 Å². The average molecular weight is 341 g/mol. The van der Waals surface area contributed by atoms with Crippen LogP contribution in [0.3, 0.4) is 0 Å². The molecule has 0 aliphatic carbocycles. The predicted octanol–water partition coefficient (Wildman–Crippen LogP) is 1.16. The molecule has 2 rings (SSSR count). The third kappa shape index (κ3) is 2.96. The Morgan fingerprint density at radius 3 is 2.59 bits per heavy atom. The van der Waals surface area contributed by atoms with Crippen LogP contribution in [-0.4, -0.2) is 22.2 Å². The van der Waals surface area contributed by atoms with Gasteiger partial charge in [-0.15, -0.1) is 0 Å². The lowest BCUT2D eigenvalue weighted by Gasteiger charge is -2.10. The summed E-state index contributed by atoms with van der Waals surface area (Å²) < 4.78 is 6.49. The van der Waals surface area contributed by atoms with Gasteiger partial charge in [-0.1, -0.05) is 18.2 Å². The highest BCUT2D eigenvalue weighted by molar-refractivity contribution is 14.1. The molecule has 1 aromatic heterocycles. The number of hydrogen-bond donors (Lipinski definition) is 2. The fourth-order valence-electron chi connectivity index (χ4n) is 1.32. The Balaban J connectivity index is 2.34. The molecule has 0 aliphatic rings. The van der Waals surface area contributed by atoms with Gasteiger partial charge in [-0.05, 0) is 40.8 Å². The zero-order valence-corrected chi connectivity index (χ0v) is 10.9. The molecule has 0 atom stereocenters. The summed E-state index contributed by atoms with van der Waals surface area (Å²) in [4.78, 5) is 3.99. The van der Waals surface area contributed by atoms with Crippen molar-refractivity contribution in [2.24, 2.45) is 0 Å². The third-order valence-corrected chi connectivity index (χ3v) is 3.01. The van der Waals surface area contributed by atoms with Crippen LogP contribution in [-0.2, 0) is 0 Å². The summed E-state index contributed by atoms with van der Waals surface area (Å²) in [5.74, 6) is 0.834. The maximum atomic E-state index is 9.19. The summed E-state index contributed by atoms with van der Waals surface area (Å²) in [6, 6.07) is 10.6. The van der Waals surface area contributed by atoms with E-state index in [1.165, 1.54) is 6.20 Å². The van der Waals surface area contributed by atoms with E-state index in [1.54, 1.807) is 18.2 Å². The van der Waals surface area contributed by atoms with Crippen molar-refractivity contribution in [3.8, 4) is 11.6 Å². The van der Waals surface area contributed by atoms with E-state index in [2.05, 4.69) is 27.6 Å². The lowest BCUT2D eigenvalue weighted by Crippen LogP contribution is -2.31. The van der Waals surface area contributed by atoms with Crippen LogP contribution < -0.4 is 10.2 Å². The van der Waals surface area contributed by atoms with Crippen LogP contribution in [0.25, 0.3) is 0 Å². The van der Waals surface area contributed by atoms with Crippen LogP contribution in [0.5, 0.6) is 11.6 Å². The van der Waals surface area contributed by atoms with Crippen LogP contribution >= 0.6 is 22.6 Å². The van der Waals surface area contributed by atoms with Crippen molar-refractivity contribution in [2.45, 2.75) is 0 Å². The van der Waals surface area contributed by atoms with Gasteiger partial charge in [-0.3, -0.25) is 0 Å². The first-order chi connectivity index (χ1) is 8.18. The van der Waals surface area contributed by atoms with Crippen molar-refractivity contribution in [2.75, 3.05) is 0 Å². The molecule has 86 valence electrons. The fourth-order valence-corrected chi connectivity index (χ4v) is 1.81. The molecule has 0 fully saturated rings. The number of aromatic nitrogens is 1. The van der Waals surface area contributed by atoms with Crippen LogP contribution in [0.4, 0.5) is 0 Å². The number of pyridine rings is 1. The molecule has 2 aromatic rings. The largest absolute Gasteiger partial charge is 0.494 e. The molecule has 0 amide bonds. The van der Waals surface area contributed by atoms with E-state index in [1.807, 2.05) is 18.2 Å². The average Bonchev–Trinajstić information content (AvgIpc) is 2.32. The number of benzene rings is 1. The first-order valence-corrected chi connectivity index (χ1v) is 6.00. The maximum absolute atomic E-state index is 9.19. The summed E-state index contributed by atoms with van der Waals surface area (Å²) in [7, 11) is -1.60. The van der Waals surface area contributed by atoms with Gasteiger partial charge >= 0.3 is 7.12 Å². The standard InChI is InChI=1S/C11H9BINO3/c13-9-5-1-2-6-10(9)17-11-8(12(15)16)4-3-7-14-11/h1-7,15-16H. The highest BCUT2D eigenvalue weighted by Gasteiger charge is 2.18. The topological polar surface area (TPSA) is 62.6 Å². The molecule has 17 heavy (non-hydrogen) atoms. The summed E-state index contributed by atoms with van der Waals surface area (Å²) in [6.45, 7) is 0. The second kappa shape index (κ2) is 5.48. The molecule has 2 N–H and O–H groups in total. The minimum Gasteiger partial charge on any atom is -0.438 e. The van der Waals surface area contributed by atoms with Crippen LogP contribution in [0.15, 0.2) is 42.6 Å². The van der Waals surface area contributed by atoms with E-state index < -0.39 is 7.12 Å². The molecule has 0 bridgehead atoms. The second-order valence-electron chi connectivity index (χ2n) is 3.30. The molecule has 0 saturated heterocycles. The Labute approximate surface area is 113 Å². The monoisotopic (exact) mass is 341 g/mol. The molecule has 0 radical (unpaired) electrons. The third-order valence-electron chi connectivity index (χ3n) is 2.12. The van der Waals surface area contributed by atoms with Crippen LogP contribution in [0, 0.1) is 3.57 Å². The Morgan fingerprint density at radius 1 is 1.12 bits per heavy atom. The van der Waals surface area contributed by atoms with Crippen molar-refractivity contribution in [3.05, 3.63) is 46.2 Å². The number of hydrogen-bond acceptors (Lipinski definition) is 4.